The number of nitrogens with zero attached hydrogens (tertiary/aromatic N) is 1. The summed E-state index contributed by atoms with van der Waals surface area (Å²) in [6, 6.07) is 8.88. The Labute approximate surface area is 176 Å². The first-order chi connectivity index (χ1) is 10.9. The molecule has 0 fully saturated rings. The average Bonchev–Trinajstić information content (AvgIpc) is 2.50. The van der Waals surface area contributed by atoms with Crippen molar-refractivity contribution in [2.24, 2.45) is 0 Å². The SMILES string of the molecule is COCOc1ccc(-c2[c-]cc(Br)c(=O)n2CC(F)F)c(Cl)c1.[Y]. The van der Waals surface area contributed by atoms with Gasteiger partial charge in [-0.3, -0.25) is 4.79 Å². The van der Waals surface area contributed by atoms with E-state index in [0.717, 1.165) is 4.57 Å². The summed E-state index contributed by atoms with van der Waals surface area (Å²) in [6.45, 7) is -0.696. The van der Waals surface area contributed by atoms with Crippen LogP contribution in [0.15, 0.2) is 33.5 Å². The van der Waals surface area contributed by atoms with E-state index < -0.39 is 18.5 Å². The predicted molar refractivity (Wildman–Crippen MR) is 86.2 cm³/mol. The van der Waals surface area contributed by atoms with Crippen LogP contribution >= 0.6 is 27.5 Å². The molecule has 2 aromatic rings. The molecule has 0 spiro atoms. The van der Waals surface area contributed by atoms with Crippen LogP contribution in [0, 0.1) is 6.07 Å². The summed E-state index contributed by atoms with van der Waals surface area (Å²) >= 11 is 9.21. The number of alkyl halides is 2. The summed E-state index contributed by atoms with van der Waals surface area (Å²) in [4.78, 5) is 12.1. The van der Waals surface area contributed by atoms with E-state index in [4.69, 9.17) is 21.1 Å². The number of hydrogen-bond donors (Lipinski definition) is 0. The van der Waals surface area contributed by atoms with Crippen LogP contribution in [-0.2, 0) is 44.0 Å². The Balaban J connectivity index is 0.00000288. The third kappa shape index (κ3) is 5.33. The number of aromatic nitrogens is 1. The quantitative estimate of drug-likeness (QED) is 0.449. The molecule has 0 bridgehead atoms. The van der Waals surface area contributed by atoms with Gasteiger partial charge in [-0.2, -0.15) is 12.1 Å². The molecular weight excluding hydrogens is 484 g/mol. The zero-order valence-corrected chi connectivity index (χ0v) is 17.7. The molecule has 0 saturated heterocycles. The second-order valence-corrected chi connectivity index (χ2v) is 5.75. The summed E-state index contributed by atoms with van der Waals surface area (Å²) in [6.07, 6.45) is -2.68. The van der Waals surface area contributed by atoms with Crippen LogP contribution < -0.4 is 10.3 Å². The van der Waals surface area contributed by atoms with E-state index in [0.29, 0.717) is 11.3 Å². The molecule has 1 radical (unpaired) electrons. The van der Waals surface area contributed by atoms with Crippen LogP contribution in [0.5, 0.6) is 5.75 Å². The largest absolute Gasteiger partial charge is 0.468 e. The van der Waals surface area contributed by atoms with Crippen molar-refractivity contribution in [1.29, 1.82) is 0 Å². The number of benzene rings is 1. The molecule has 9 heteroatoms. The molecule has 1 heterocycles. The van der Waals surface area contributed by atoms with Crippen molar-refractivity contribution >= 4 is 27.5 Å². The van der Waals surface area contributed by atoms with Gasteiger partial charge in [0.05, 0.1) is 6.54 Å². The van der Waals surface area contributed by atoms with Gasteiger partial charge in [-0.05, 0) is 21.6 Å². The van der Waals surface area contributed by atoms with Gasteiger partial charge in [-0.1, -0.05) is 22.9 Å². The third-order valence-electron chi connectivity index (χ3n) is 2.91. The fourth-order valence-corrected chi connectivity index (χ4v) is 2.53. The third-order valence-corrected chi connectivity index (χ3v) is 3.80. The van der Waals surface area contributed by atoms with E-state index >= 15 is 0 Å². The van der Waals surface area contributed by atoms with Crippen LogP contribution in [0.2, 0.25) is 5.02 Å². The first-order valence-electron chi connectivity index (χ1n) is 6.45. The zero-order chi connectivity index (χ0) is 17.0. The standard InChI is InChI=1S/C15H12BrClF2NO3.Y/c1-22-8-23-9-2-3-10(12(17)6-9)13-5-4-11(16)15(21)20(13)7-14(18)19;/h2-4,6,14H,7-8H2,1H3;/q-1;. The summed E-state index contributed by atoms with van der Waals surface area (Å²) < 4.78 is 36.7. The molecule has 0 aliphatic carbocycles. The maximum atomic E-state index is 12.8. The second kappa shape index (κ2) is 9.97. The normalized spacial score (nSPS) is 10.6. The Hall–Kier alpha value is -0.336. The fraction of sp³-hybridized carbons (Fsp3) is 0.267. The molecule has 127 valence electrons. The molecule has 0 unspecified atom stereocenters. The summed E-state index contributed by atoms with van der Waals surface area (Å²) in [5, 5.41) is 0.250. The minimum absolute atomic E-state index is 0. The van der Waals surface area contributed by atoms with Crippen molar-refractivity contribution in [2.75, 3.05) is 13.9 Å². The van der Waals surface area contributed by atoms with E-state index in [1.54, 1.807) is 12.1 Å². The minimum atomic E-state index is -2.68. The number of hydrogen-bond acceptors (Lipinski definition) is 3. The molecule has 1 aromatic carbocycles. The molecule has 2 rings (SSSR count). The van der Waals surface area contributed by atoms with E-state index in [1.165, 1.54) is 19.2 Å². The minimum Gasteiger partial charge on any atom is -0.468 e. The molecule has 4 nitrogen and oxygen atoms in total. The van der Waals surface area contributed by atoms with E-state index in [2.05, 4.69) is 22.0 Å². The molecule has 0 atom stereocenters. The molecule has 1 aromatic heterocycles. The molecule has 0 N–H and O–H groups in total. The van der Waals surface area contributed by atoms with Gasteiger partial charge in [0, 0.05) is 39.8 Å². The number of halogens is 4. The molecule has 0 amide bonds. The van der Waals surface area contributed by atoms with Gasteiger partial charge < -0.3 is 14.0 Å². The molecular formula is C15H12BrClF2NO3Y-. The Kier molecular flexibility index (Phi) is 9.02. The summed E-state index contributed by atoms with van der Waals surface area (Å²) in [7, 11) is 1.48. The first kappa shape index (κ1) is 21.7. The fourth-order valence-electron chi connectivity index (χ4n) is 1.94. The second-order valence-electron chi connectivity index (χ2n) is 4.48. The van der Waals surface area contributed by atoms with Crippen molar-refractivity contribution in [3.63, 3.8) is 0 Å². The van der Waals surface area contributed by atoms with E-state index in [9.17, 15) is 13.6 Å². The Morgan fingerprint density at radius 2 is 2.12 bits per heavy atom. The topological polar surface area (TPSA) is 40.5 Å². The Morgan fingerprint density at radius 1 is 1.42 bits per heavy atom. The maximum Gasteiger partial charge on any atom is 0.256 e. The summed E-state index contributed by atoms with van der Waals surface area (Å²) in [5.74, 6) is 0.459. The van der Waals surface area contributed by atoms with Gasteiger partial charge in [0.1, 0.15) is 5.75 Å². The molecule has 0 saturated carbocycles. The molecule has 0 aliphatic rings. The van der Waals surface area contributed by atoms with Gasteiger partial charge >= 0.3 is 0 Å². The maximum absolute atomic E-state index is 12.8. The van der Waals surface area contributed by atoms with E-state index in [1.807, 2.05) is 0 Å². The smallest absolute Gasteiger partial charge is 0.256 e. The van der Waals surface area contributed by atoms with Crippen LogP contribution in [0.1, 0.15) is 0 Å². The van der Waals surface area contributed by atoms with Crippen LogP contribution in [0.4, 0.5) is 8.78 Å². The number of ether oxygens (including phenoxy) is 2. The predicted octanol–water partition coefficient (Wildman–Crippen LogP) is 3.98. The van der Waals surface area contributed by atoms with Gasteiger partial charge in [-0.15, -0.1) is 22.0 Å². The van der Waals surface area contributed by atoms with Gasteiger partial charge in [0.25, 0.3) is 6.43 Å². The van der Waals surface area contributed by atoms with Crippen molar-refractivity contribution in [1.82, 2.24) is 4.57 Å². The first-order valence-corrected chi connectivity index (χ1v) is 7.62. The zero-order valence-electron chi connectivity index (χ0n) is 12.6. The number of rotatable bonds is 6. The van der Waals surface area contributed by atoms with Gasteiger partial charge in [0.15, 0.2) is 6.79 Å². The molecule has 24 heavy (non-hydrogen) atoms. The Bertz CT molecular complexity index is 758. The van der Waals surface area contributed by atoms with E-state index in [-0.39, 0.29) is 54.7 Å². The molecule has 0 aliphatic heterocycles. The monoisotopic (exact) mass is 495 g/mol. The number of methoxy groups -OCH3 is 1. The Morgan fingerprint density at radius 3 is 2.71 bits per heavy atom. The van der Waals surface area contributed by atoms with Crippen molar-refractivity contribution in [3.8, 4) is 17.0 Å². The van der Waals surface area contributed by atoms with Crippen molar-refractivity contribution < 1.29 is 51.0 Å². The van der Waals surface area contributed by atoms with Crippen LogP contribution in [0.3, 0.4) is 0 Å². The van der Waals surface area contributed by atoms with Crippen molar-refractivity contribution in [3.05, 3.63) is 50.2 Å². The van der Waals surface area contributed by atoms with Crippen LogP contribution in [-0.4, -0.2) is 24.9 Å². The van der Waals surface area contributed by atoms with Crippen LogP contribution in [0.25, 0.3) is 11.3 Å². The summed E-state index contributed by atoms with van der Waals surface area (Å²) in [5.41, 5.74) is 0.0123. The van der Waals surface area contributed by atoms with Gasteiger partial charge in [-0.25, -0.2) is 8.78 Å². The van der Waals surface area contributed by atoms with Gasteiger partial charge in [0.2, 0.25) is 5.56 Å². The number of pyridine rings is 1. The average molecular weight is 497 g/mol. The van der Waals surface area contributed by atoms with Crippen molar-refractivity contribution in [2.45, 2.75) is 13.0 Å².